The summed E-state index contributed by atoms with van der Waals surface area (Å²) in [6, 6.07) is 19.2. The molecule has 0 bridgehead atoms. The van der Waals surface area contributed by atoms with E-state index in [9.17, 15) is 28.8 Å². The standard InChI is InChI=1S/C13H17NO2.C12H13NO3.C11H21NO2.C10H17NO3/c1-11-7-8-14(9-11)13(15)16-10-12-5-3-2-4-6-12;14-11-6-7-13(8-11)12(15)16-9-10-4-2-1-3-5-10;1-9-6-5-7-12(8-9)10(13)14-11(2,3)4;1-10(2,3)14-9(13)11-6-4-5-8(12)7-11/h2-6,11H,7-10H2,1H3;1-5H,6-9H2;9H,5-8H2,1-4H3;4-7H2,1-3H3. The van der Waals surface area contributed by atoms with Crippen LogP contribution in [-0.2, 0) is 41.8 Å². The van der Waals surface area contributed by atoms with Crippen molar-refractivity contribution in [2.24, 2.45) is 11.8 Å². The van der Waals surface area contributed by atoms with Crippen LogP contribution in [0.25, 0.3) is 0 Å². The van der Waals surface area contributed by atoms with Crippen LogP contribution in [0, 0.1) is 11.8 Å². The van der Waals surface area contributed by atoms with Gasteiger partial charge in [-0.2, -0.15) is 0 Å². The van der Waals surface area contributed by atoms with Crippen molar-refractivity contribution < 1.29 is 47.7 Å². The Morgan fingerprint density at radius 1 is 0.533 bits per heavy atom. The molecule has 60 heavy (non-hydrogen) atoms. The van der Waals surface area contributed by atoms with Crippen LogP contribution < -0.4 is 0 Å². The Labute approximate surface area is 356 Å². The Morgan fingerprint density at radius 3 is 1.40 bits per heavy atom. The number of rotatable bonds is 4. The fourth-order valence-electron chi connectivity index (χ4n) is 6.51. The first-order chi connectivity index (χ1) is 28.3. The van der Waals surface area contributed by atoms with E-state index in [0.29, 0.717) is 44.4 Å². The fraction of sp³-hybridized carbons (Fsp3) is 0.609. The van der Waals surface area contributed by atoms with Gasteiger partial charge in [-0.3, -0.25) is 9.59 Å². The summed E-state index contributed by atoms with van der Waals surface area (Å²) in [6.07, 6.45) is 4.04. The SMILES string of the molecule is CC(C)(C)OC(=O)N1CCCC(=O)C1.CC1CCCN(C(=O)OC(C)(C)C)C1.CC1CCN(C(=O)OCc2ccccc2)C1.O=C1CCN(C(=O)OCc2ccccc2)C1. The monoisotopic (exact) mass is 836 g/mol. The normalized spacial score (nSPS) is 19.1. The van der Waals surface area contributed by atoms with E-state index in [1.54, 1.807) is 4.90 Å². The number of Topliss-reactive ketones (excluding diaryl/α,β-unsaturated/α-hetero) is 2. The van der Waals surface area contributed by atoms with Gasteiger partial charge in [-0.15, -0.1) is 0 Å². The number of piperidine rings is 2. The molecule has 4 fully saturated rings. The lowest BCUT2D eigenvalue weighted by molar-refractivity contribution is -0.122. The molecule has 6 rings (SSSR count). The van der Waals surface area contributed by atoms with E-state index in [0.717, 1.165) is 56.6 Å². The first-order valence-corrected chi connectivity index (χ1v) is 21.2. The Hall–Kier alpha value is -5.14. The zero-order valence-corrected chi connectivity index (χ0v) is 37.1. The van der Waals surface area contributed by atoms with Crippen molar-refractivity contribution in [1.82, 2.24) is 19.6 Å². The van der Waals surface area contributed by atoms with Crippen LogP contribution in [0.15, 0.2) is 60.7 Å². The molecule has 0 spiro atoms. The second-order valence-electron chi connectivity index (χ2n) is 17.8. The highest BCUT2D eigenvalue weighted by atomic mass is 16.6. The molecule has 4 amide bonds. The van der Waals surface area contributed by atoms with E-state index >= 15 is 0 Å². The topological polar surface area (TPSA) is 152 Å². The van der Waals surface area contributed by atoms with Crippen LogP contribution in [0.4, 0.5) is 19.2 Å². The molecule has 332 valence electrons. The third-order valence-corrected chi connectivity index (χ3v) is 9.59. The molecule has 4 heterocycles. The third-order valence-electron chi connectivity index (χ3n) is 9.59. The number of ether oxygens (including phenoxy) is 4. The summed E-state index contributed by atoms with van der Waals surface area (Å²) in [5, 5.41) is 0. The number of hydrogen-bond acceptors (Lipinski definition) is 10. The van der Waals surface area contributed by atoms with Gasteiger partial charge in [0.2, 0.25) is 0 Å². The van der Waals surface area contributed by atoms with E-state index in [1.807, 2.05) is 107 Å². The van der Waals surface area contributed by atoms with Crippen molar-refractivity contribution in [2.45, 2.75) is 118 Å². The summed E-state index contributed by atoms with van der Waals surface area (Å²) in [4.78, 5) is 74.9. The van der Waals surface area contributed by atoms with E-state index in [-0.39, 0.29) is 55.1 Å². The summed E-state index contributed by atoms with van der Waals surface area (Å²) in [5.74, 6) is 1.42. The number of hydrogen-bond donors (Lipinski definition) is 0. The molecule has 0 N–H and O–H groups in total. The molecule has 4 saturated heterocycles. The van der Waals surface area contributed by atoms with Crippen LogP contribution in [-0.4, -0.2) is 119 Å². The van der Waals surface area contributed by atoms with Crippen LogP contribution in [0.2, 0.25) is 0 Å². The second kappa shape index (κ2) is 24.2. The average Bonchev–Trinajstić information content (AvgIpc) is 3.84. The molecule has 14 nitrogen and oxygen atoms in total. The minimum absolute atomic E-state index is 0.0941. The van der Waals surface area contributed by atoms with Gasteiger partial charge >= 0.3 is 24.4 Å². The van der Waals surface area contributed by atoms with Crippen LogP contribution in [0.5, 0.6) is 0 Å². The first kappa shape index (κ1) is 49.2. The predicted molar refractivity (Wildman–Crippen MR) is 228 cm³/mol. The van der Waals surface area contributed by atoms with Crippen LogP contribution in [0.1, 0.15) is 105 Å². The summed E-state index contributed by atoms with van der Waals surface area (Å²) < 4.78 is 20.8. The van der Waals surface area contributed by atoms with Gasteiger partial charge in [0.15, 0.2) is 11.6 Å². The van der Waals surface area contributed by atoms with E-state index in [1.165, 1.54) is 16.2 Å². The molecule has 4 aliphatic heterocycles. The lowest BCUT2D eigenvalue weighted by Crippen LogP contribution is -2.43. The first-order valence-electron chi connectivity index (χ1n) is 21.2. The van der Waals surface area contributed by atoms with Crippen molar-refractivity contribution in [3.05, 3.63) is 71.8 Å². The minimum Gasteiger partial charge on any atom is -0.445 e. The maximum Gasteiger partial charge on any atom is 0.410 e. The van der Waals surface area contributed by atoms with Crippen LogP contribution >= 0.6 is 0 Å². The fourth-order valence-corrected chi connectivity index (χ4v) is 6.51. The maximum absolute atomic E-state index is 11.7. The highest BCUT2D eigenvalue weighted by molar-refractivity contribution is 5.87. The Morgan fingerprint density at radius 2 is 0.950 bits per heavy atom. The number of amides is 4. The van der Waals surface area contributed by atoms with Gasteiger partial charge in [0.1, 0.15) is 24.4 Å². The molecule has 2 aromatic carbocycles. The molecule has 14 heteroatoms. The third kappa shape index (κ3) is 19.7. The van der Waals surface area contributed by atoms with E-state index in [4.69, 9.17) is 18.9 Å². The summed E-state index contributed by atoms with van der Waals surface area (Å²) in [5.41, 5.74) is 1.11. The van der Waals surface area contributed by atoms with Crippen molar-refractivity contribution in [1.29, 1.82) is 0 Å². The molecule has 4 aliphatic rings. The number of carbonyl (C=O) groups excluding carboxylic acids is 6. The summed E-state index contributed by atoms with van der Waals surface area (Å²) >= 11 is 0. The second-order valence-corrected chi connectivity index (χ2v) is 17.8. The van der Waals surface area contributed by atoms with Gasteiger partial charge in [0.25, 0.3) is 0 Å². The molecule has 2 atom stereocenters. The van der Waals surface area contributed by atoms with Crippen molar-refractivity contribution in [3.8, 4) is 0 Å². The molecule has 2 unspecified atom stereocenters. The number of benzene rings is 2. The molecule has 2 aromatic rings. The molecular weight excluding hydrogens is 769 g/mol. The van der Waals surface area contributed by atoms with Gasteiger partial charge in [-0.1, -0.05) is 74.5 Å². The highest BCUT2D eigenvalue weighted by Crippen LogP contribution is 2.19. The van der Waals surface area contributed by atoms with Crippen LogP contribution in [0.3, 0.4) is 0 Å². The number of ketones is 2. The number of likely N-dealkylation sites (tertiary alicyclic amines) is 4. The lowest BCUT2D eigenvalue weighted by atomic mass is 10.0. The Balaban J connectivity index is 0.000000214. The Bertz CT molecular complexity index is 1680. The largest absolute Gasteiger partial charge is 0.445 e. The number of nitrogens with zero attached hydrogens (tertiary/aromatic N) is 4. The molecule has 0 saturated carbocycles. The van der Waals surface area contributed by atoms with E-state index in [2.05, 4.69) is 13.8 Å². The smallest absolute Gasteiger partial charge is 0.410 e. The zero-order valence-electron chi connectivity index (χ0n) is 37.1. The number of carbonyl (C=O) groups is 6. The highest BCUT2D eigenvalue weighted by Gasteiger charge is 2.28. The van der Waals surface area contributed by atoms with Crippen molar-refractivity contribution >= 4 is 35.9 Å². The Kier molecular flexibility index (Phi) is 19.9. The molecule has 0 radical (unpaired) electrons. The molecular formula is C46H68N4O10. The van der Waals surface area contributed by atoms with Gasteiger partial charge in [0.05, 0.1) is 13.1 Å². The average molecular weight is 837 g/mol. The maximum atomic E-state index is 11.7. The van der Waals surface area contributed by atoms with Gasteiger partial charge in [-0.25, -0.2) is 19.2 Å². The van der Waals surface area contributed by atoms with Crippen molar-refractivity contribution in [3.63, 3.8) is 0 Å². The molecule has 0 aromatic heterocycles. The van der Waals surface area contributed by atoms with Gasteiger partial charge in [-0.05, 0) is 90.2 Å². The van der Waals surface area contributed by atoms with Gasteiger partial charge in [0, 0.05) is 52.1 Å². The minimum atomic E-state index is -0.489. The lowest BCUT2D eigenvalue weighted by Gasteiger charge is -2.32. The summed E-state index contributed by atoms with van der Waals surface area (Å²) in [6.45, 7) is 20.9. The van der Waals surface area contributed by atoms with E-state index < -0.39 is 11.7 Å². The molecule has 0 aliphatic carbocycles. The quantitative estimate of drug-likeness (QED) is 0.274. The zero-order chi connectivity index (χ0) is 44.3. The van der Waals surface area contributed by atoms with Gasteiger partial charge < -0.3 is 38.5 Å². The summed E-state index contributed by atoms with van der Waals surface area (Å²) in [7, 11) is 0. The predicted octanol–water partition coefficient (Wildman–Crippen LogP) is 8.50. The van der Waals surface area contributed by atoms with Crippen molar-refractivity contribution in [2.75, 3.05) is 52.4 Å².